The number of benzene rings is 1. The van der Waals surface area contributed by atoms with Crippen LogP contribution < -0.4 is 5.90 Å². The quantitative estimate of drug-likeness (QED) is 0.621. The molecule has 77 valence electrons. The third-order valence-electron chi connectivity index (χ3n) is 1.55. The second kappa shape index (κ2) is 3.70. The molecule has 1 atom stereocenters. The Labute approximate surface area is 80.1 Å². The zero-order valence-electron chi connectivity index (χ0n) is 6.85. The molecular weight excluding hydrogens is 216 g/mol. The van der Waals surface area contributed by atoms with E-state index in [1.165, 1.54) is 18.2 Å². The van der Waals surface area contributed by atoms with Crippen LogP contribution in [0, 0.1) is 0 Å². The van der Waals surface area contributed by atoms with Gasteiger partial charge in [0.05, 0.1) is 10.1 Å². The lowest BCUT2D eigenvalue weighted by molar-refractivity contribution is 0.0498. The average Bonchev–Trinajstić information content (AvgIpc) is 2.19. The van der Waals surface area contributed by atoms with Gasteiger partial charge >= 0.3 is 15.7 Å². The normalized spacial score (nSPS) is 16.3. The number of alkyl halides is 2. The van der Waals surface area contributed by atoms with Crippen molar-refractivity contribution < 1.29 is 21.8 Å². The molecule has 1 unspecified atom stereocenters. The van der Waals surface area contributed by atoms with E-state index >= 15 is 0 Å². The van der Waals surface area contributed by atoms with E-state index in [2.05, 4.69) is 10.2 Å². The number of hydrogen-bond donors (Lipinski definition) is 1. The van der Waals surface area contributed by atoms with Crippen LogP contribution >= 0.6 is 0 Å². The Morgan fingerprint density at radius 3 is 2.21 bits per heavy atom. The molecule has 0 bridgehead atoms. The summed E-state index contributed by atoms with van der Waals surface area (Å²) in [5.74, 6) is 4.26. The van der Waals surface area contributed by atoms with Gasteiger partial charge in [-0.25, -0.2) is 0 Å². The van der Waals surface area contributed by atoms with Gasteiger partial charge in [-0.1, -0.05) is 18.2 Å². The summed E-state index contributed by atoms with van der Waals surface area (Å²) in [5, 5.41) is -4.14. The molecular formula is C7H7F2NO3S+. The molecule has 0 aliphatic rings. The monoisotopic (exact) mass is 223 g/mol. The molecule has 0 aromatic heterocycles. The summed E-state index contributed by atoms with van der Waals surface area (Å²) in [5.41, 5.74) is -0.689. The smallest absolute Gasteiger partial charge is 0.161 e. The molecule has 0 aliphatic carbocycles. The second-order valence-electron chi connectivity index (χ2n) is 2.43. The lowest BCUT2D eigenvalue weighted by Crippen LogP contribution is -2.34. The van der Waals surface area contributed by atoms with Crippen LogP contribution in [0.5, 0.6) is 0 Å². The van der Waals surface area contributed by atoms with E-state index in [0.717, 1.165) is 12.1 Å². The highest BCUT2D eigenvalue weighted by Crippen LogP contribution is 2.38. The first kappa shape index (κ1) is 11.2. The number of rotatable bonds is 3. The zero-order chi connectivity index (χ0) is 10.8. The minimum absolute atomic E-state index is 0.689. The fourth-order valence-electron chi connectivity index (χ4n) is 0.837. The lowest BCUT2D eigenvalue weighted by Gasteiger charge is -2.09. The summed E-state index contributed by atoms with van der Waals surface area (Å²) in [6.45, 7) is 0. The SMILES string of the molecule is NO[S+]([O])(=O)C(F)(F)c1ccccc1. The molecule has 1 rings (SSSR count). The van der Waals surface area contributed by atoms with Crippen molar-refractivity contribution in [2.75, 3.05) is 0 Å². The Kier molecular flexibility index (Phi) is 2.95. The van der Waals surface area contributed by atoms with Crippen LogP contribution in [0.2, 0.25) is 0 Å². The van der Waals surface area contributed by atoms with E-state index < -0.39 is 21.3 Å². The van der Waals surface area contributed by atoms with Crippen molar-refractivity contribution in [2.45, 2.75) is 5.25 Å². The molecule has 0 saturated carbocycles. The minimum atomic E-state index is -5.11. The fourth-order valence-corrected chi connectivity index (χ4v) is 1.38. The molecule has 1 radical (unpaired) electrons. The van der Waals surface area contributed by atoms with Crippen molar-refractivity contribution >= 4 is 10.5 Å². The van der Waals surface area contributed by atoms with Gasteiger partial charge in [-0.3, -0.25) is 0 Å². The van der Waals surface area contributed by atoms with Crippen molar-refractivity contribution in [1.82, 2.24) is 0 Å². The van der Waals surface area contributed by atoms with Gasteiger partial charge in [-0.15, -0.1) is 8.78 Å². The van der Waals surface area contributed by atoms with Gasteiger partial charge in [0.1, 0.15) is 0 Å². The Balaban J connectivity index is 3.15. The highest BCUT2D eigenvalue weighted by molar-refractivity contribution is 7.93. The molecule has 0 fully saturated rings. The van der Waals surface area contributed by atoms with Crippen molar-refractivity contribution in [2.24, 2.45) is 5.90 Å². The molecule has 7 heteroatoms. The summed E-state index contributed by atoms with van der Waals surface area (Å²) < 4.78 is 51.0. The van der Waals surface area contributed by atoms with Gasteiger partial charge in [-0.2, -0.15) is 5.90 Å². The largest absolute Gasteiger partial charge is 0.507 e. The van der Waals surface area contributed by atoms with Crippen molar-refractivity contribution in [3.05, 3.63) is 35.9 Å². The molecule has 2 N–H and O–H groups in total. The van der Waals surface area contributed by atoms with E-state index in [4.69, 9.17) is 0 Å². The summed E-state index contributed by atoms with van der Waals surface area (Å²) in [6, 6.07) is 5.99. The third-order valence-corrected chi connectivity index (χ3v) is 2.67. The van der Waals surface area contributed by atoms with Crippen LogP contribution in [0.1, 0.15) is 5.56 Å². The number of nitrogens with two attached hydrogens (primary N) is 1. The maximum Gasteiger partial charge on any atom is 0.507 e. The molecule has 0 aliphatic heterocycles. The molecule has 0 saturated heterocycles. The number of halogens is 2. The van der Waals surface area contributed by atoms with Gasteiger partial charge in [0.15, 0.2) is 0 Å². The Bertz CT molecular complexity index is 357. The summed E-state index contributed by atoms with van der Waals surface area (Å²) in [7, 11) is -5.11. The highest BCUT2D eigenvalue weighted by Gasteiger charge is 2.63. The van der Waals surface area contributed by atoms with Crippen molar-refractivity contribution in [3.63, 3.8) is 0 Å². The van der Waals surface area contributed by atoms with Gasteiger partial charge in [0.2, 0.25) is 0 Å². The highest BCUT2D eigenvalue weighted by atomic mass is 32.3. The maximum atomic E-state index is 13.1. The van der Waals surface area contributed by atoms with Crippen LogP contribution in [-0.4, -0.2) is 0 Å². The van der Waals surface area contributed by atoms with Crippen molar-refractivity contribution in [1.29, 1.82) is 0 Å². The average molecular weight is 223 g/mol. The van der Waals surface area contributed by atoms with E-state index in [1.54, 1.807) is 0 Å². The Morgan fingerprint density at radius 2 is 1.79 bits per heavy atom. The van der Waals surface area contributed by atoms with E-state index in [1.807, 2.05) is 0 Å². The van der Waals surface area contributed by atoms with E-state index in [9.17, 15) is 17.5 Å². The molecule has 14 heavy (non-hydrogen) atoms. The Hall–Kier alpha value is -0.890. The van der Waals surface area contributed by atoms with Gasteiger partial charge in [0, 0.05) is 0 Å². The molecule has 0 heterocycles. The van der Waals surface area contributed by atoms with Gasteiger partial charge in [-0.05, 0) is 20.6 Å². The van der Waals surface area contributed by atoms with E-state index in [0.29, 0.717) is 0 Å². The van der Waals surface area contributed by atoms with Crippen LogP contribution in [0.15, 0.2) is 30.3 Å². The maximum absolute atomic E-state index is 13.1. The lowest BCUT2D eigenvalue weighted by atomic mass is 10.2. The molecule has 0 spiro atoms. The van der Waals surface area contributed by atoms with Crippen LogP contribution in [0.3, 0.4) is 0 Å². The van der Waals surface area contributed by atoms with Crippen LogP contribution in [-0.2, 0) is 28.8 Å². The van der Waals surface area contributed by atoms with Crippen LogP contribution in [0.4, 0.5) is 8.78 Å². The molecule has 1 aromatic rings. The van der Waals surface area contributed by atoms with E-state index in [-0.39, 0.29) is 0 Å². The predicted octanol–water partition coefficient (Wildman–Crippen LogP) is 1.39. The van der Waals surface area contributed by atoms with Crippen LogP contribution in [0.25, 0.3) is 0 Å². The predicted molar refractivity (Wildman–Crippen MR) is 44.3 cm³/mol. The molecule has 1 aromatic carbocycles. The van der Waals surface area contributed by atoms with Gasteiger partial charge in [0.25, 0.3) is 0 Å². The fraction of sp³-hybridized carbons (Fsp3) is 0.143. The summed E-state index contributed by atoms with van der Waals surface area (Å²) >= 11 is 0. The zero-order valence-corrected chi connectivity index (χ0v) is 7.67. The van der Waals surface area contributed by atoms with Gasteiger partial charge < -0.3 is 0 Å². The second-order valence-corrected chi connectivity index (χ2v) is 4.05. The topological polar surface area (TPSA) is 72.2 Å². The van der Waals surface area contributed by atoms with Crippen molar-refractivity contribution in [3.8, 4) is 0 Å². The number of hydrogen-bond acceptors (Lipinski definition) is 3. The minimum Gasteiger partial charge on any atom is -0.161 e. The summed E-state index contributed by atoms with van der Waals surface area (Å²) in [6.07, 6.45) is 0. The molecule has 0 amide bonds. The Morgan fingerprint density at radius 1 is 1.29 bits per heavy atom. The first-order valence-corrected chi connectivity index (χ1v) is 4.89. The first-order chi connectivity index (χ1) is 6.42. The first-order valence-electron chi connectivity index (χ1n) is 3.48. The standard InChI is InChI=1S/C7H7F2NO3S/c8-7(9,14(11,12)13-10)6-4-2-1-3-5-6/h1-5H,10H2/q+1. The molecule has 4 nitrogen and oxygen atoms in total. The third kappa shape index (κ3) is 1.80. The summed E-state index contributed by atoms with van der Waals surface area (Å²) in [4.78, 5) is 0.